The molecule has 2 aromatic carbocycles. The predicted octanol–water partition coefficient (Wildman–Crippen LogP) is 3.98. The van der Waals surface area contributed by atoms with Crippen molar-refractivity contribution < 1.29 is 14.1 Å². The van der Waals surface area contributed by atoms with Gasteiger partial charge in [0.1, 0.15) is 5.75 Å². The zero-order valence-corrected chi connectivity index (χ0v) is 18.1. The van der Waals surface area contributed by atoms with Crippen molar-refractivity contribution in [3.63, 3.8) is 0 Å². The molecule has 3 aromatic rings. The number of amides is 1. The fraction of sp³-hybridized carbons (Fsp3) is 0.320. The molecule has 0 unspecified atom stereocenters. The van der Waals surface area contributed by atoms with Crippen LogP contribution in [0.4, 0.5) is 5.69 Å². The number of aromatic nitrogens is 2. The van der Waals surface area contributed by atoms with Crippen LogP contribution in [0.2, 0.25) is 0 Å². The molecular weight excluding hydrogens is 404 g/mol. The van der Waals surface area contributed by atoms with Crippen LogP contribution in [0.25, 0.3) is 17.5 Å². The van der Waals surface area contributed by atoms with Crippen LogP contribution in [-0.4, -0.2) is 54.2 Å². The molecule has 1 aliphatic carbocycles. The second kappa shape index (κ2) is 8.86. The average Bonchev–Trinajstić information content (AvgIpc) is 3.59. The third-order valence-electron chi connectivity index (χ3n) is 5.98. The summed E-state index contributed by atoms with van der Waals surface area (Å²) in [6.45, 7) is 3.00. The van der Waals surface area contributed by atoms with Gasteiger partial charge in [-0.05, 0) is 60.9 Å². The molecule has 7 nitrogen and oxygen atoms in total. The number of rotatable bonds is 6. The second-order valence-electron chi connectivity index (χ2n) is 8.20. The number of anilines is 1. The smallest absolute Gasteiger partial charge is 0.246 e. The van der Waals surface area contributed by atoms with E-state index in [0.29, 0.717) is 24.8 Å². The van der Waals surface area contributed by atoms with Crippen molar-refractivity contribution >= 4 is 17.7 Å². The SMILES string of the molecule is COc1ccc(C=CC(=O)N2CCN(c3ccc(-c4noc(C5CC5)n4)cc3)CC2)cc1. The molecule has 7 heteroatoms. The first kappa shape index (κ1) is 20.3. The molecule has 0 N–H and O–H groups in total. The van der Waals surface area contributed by atoms with Crippen molar-refractivity contribution in [2.24, 2.45) is 0 Å². The molecule has 0 spiro atoms. The van der Waals surface area contributed by atoms with Gasteiger partial charge in [0.15, 0.2) is 0 Å². The van der Waals surface area contributed by atoms with Gasteiger partial charge >= 0.3 is 0 Å². The Labute approximate surface area is 187 Å². The normalized spacial score (nSPS) is 16.5. The Hall–Kier alpha value is -3.61. The lowest BCUT2D eigenvalue weighted by Crippen LogP contribution is -2.48. The number of piperazine rings is 1. The van der Waals surface area contributed by atoms with Gasteiger partial charge in [-0.25, -0.2) is 0 Å². The third-order valence-corrected chi connectivity index (χ3v) is 5.98. The maximum atomic E-state index is 12.6. The van der Waals surface area contributed by atoms with E-state index in [0.717, 1.165) is 54.4 Å². The molecule has 2 fully saturated rings. The van der Waals surface area contributed by atoms with Crippen LogP contribution >= 0.6 is 0 Å². The molecule has 1 aliphatic heterocycles. The van der Waals surface area contributed by atoms with Gasteiger partial charge in [0.25, 0.3) is 0 Å². The number of ether oxygens (including phenoxy) is 1. The standard InChI is InChI=1S/C25H26N4O3/c1-31-22-11-2-18(3-12-22)4-13-23(30)29-16-14-28(15-17-29)21-9-7-19(8-10-21)24-26-25(32-27-24)20-5-6-20/h2-4,7-13,20H,5-6,14-17H2,1H3. The Kier molecular flexibility index (Phi) is 5.62. The Balaban J connectivity index is 1.15. The van der Waals surface area contributed by atoms with Crippen LogP contribution < -0.4 is 9.64 Å². The Morgan fingerprint density at radius 2 is 1.75 bits per heavy atom. The molecule has 1 aromatic heterocycles. The number of carbonyl (C=O) groups is 1. The Bertz CT molecular complexity index is 1090. The average molecular weight is 431 g/mol. The number of carbonyl (C=O) groups excluding carboxylic acids is 1. The monoisotopic (exact) mass is 430 g/mol. The van der Waals surface area contributed by atoms with Crippen molar-refractivity contribution in [1.29, 1.82) is 0 Å². The van der Waals surface area contributed by atoms with E-state index in [9.17, 15) is 4.79 Å². The molecule has 1 amide bonds. The highest BCUT2D eigenvalue weighted by Crippen LogP contribution is 2.39. The maximum absolute atomic E-state index is 12.6. The van der Waals surface area contributed by atoms with Crippen LogP contribution in [0.1, 0.15) is 30.2 Å². The summed E-state index contributed by atoms with van der Waals surface area (Å²) in [5.41, 5.74) is 3.08. The number of benzene rings is 2. The fourth-order valence-electron chi connectivity index (χ4n) is 3.84. The minimum atomic E-state index is 0.0411. The summed E-state index contributed by atoms with van der Waals surface area (Å²) >= 11 is 0. The largest absolute Gasteiger partial charge is 0.497 e. The number of hydrogen-bond donors (Lipinski definition) is 0. The van der Waals surface area contributed by atoms with Crippen molar-refractivity contribution in [2.45, 2.75) is 18.8 Å². The van der Waals surface area contributed by atoms with Crippen LogP contribution in [0.15, 0.2) is 59.1 Å². The van der Waals surface area contributed by atoms with Gasteiger partial charge in [-0.3, -0.25) is 4.79 Å². The van der Waals surface area contributed by atoms with Gasteiger partial charge in [0, 0.05) is 49.4 Å². The van der Waals surface area contributed by atoms with Crippen molar-refractivity contribution in [3.05, 3.63) is 66.1 Å². The highest BCUT2D eigenvalue weighted by molar-refractivity contribution is 5.92. The maximum Gasteiger partial charge on any atom is 0.246 e. The van der Waals surface area contributed by atoms with Crippen LogP contribution in [0, 0.1) is 0 Å². The van der Waals surface area contributed by atoms with Gasteiger partial charge < -0.3 is 19.1 Å². The summed E-state index contributed by atoms with van der Waals surface area (Å²) in [6, 6.07) is 15.9. The van der Waals surface area contributed by atoms with Gasteiger partial charge in [0.05, 0.1) is 7.11 Å². The van der Waals surface area contributed by atoms with Crippen LogP contribution in [0.3, 0.4) is 0 Å². The highest BCUT2D eigenvalue weighted by Gasteiger charge is 2.29. The quantitative estimate of drug-likeness (QED) is 0.551. The van der Waals surface area contributed by atoms with E-state index >= 15 is 0 Å². The molecule has 0 bridgehead atoms. The van der Waals surface area contributed by atoms with Gasteiger partial charge in [0.2, 0.25) is 17.6 Å². The zero-order valence-electron chi connectivity index (χ0n) is 18.1. The molecule has 5 rings (SSSR count). The molecular formula is C25H26N4O3. The lowest BCUT2D eigenvalue weighted by atomic mass is 10.1. The minimum absolute atomic E-state index is 0.0411. The van der Waals surface area contributed by atoms with E-state index in [-0.39, 0.29) is 5.91 Å². The molecule has 1 saturated heterocycles. The first-order chi connectivity index (χ1) is 15.7. The summed E-state index contributed by atoms with van der Waals surface area (Å²) in [7, 11) is 1.64. The first-order valence-electron chi connectivity index (χ1n) is 11.0. The third kappa shape index (κ3) is 4.51. The van der Waals surface area contributed by atoms with E-state index in [1.165, 1.54) is 0 Å². The lowest BCUT2D eigenvalue weighted by Gasteiger charge is -2.35. The lowest BCUT2D eigenvalue weighted by molar-refractivity contribution is -0.126. The summed E-state index contributed by atoms with van der Waals surface area (Å²) < 4.78 is 10.5. The summed E-state index contributed by atoms with van der Waals surface area (Å²) in [4.78, 5) is 21.3. The number of hydrogen-bond acceptors (Lipinski definition) is 6. The Morgan fingerprint density at radius 3 is 2.41 bits per heavy atom. The van der Waals surface area contributed by atoms with Gasteiger partial charge in [-0.1, -0.05) is 17.3 Å². The van der Waals surface area contributed by atoms with Gasteiger partial charge in [-0.2, -0.15) is 4.98 Å². The topological polar surface area (TPSA) is 71.7 Å². The number of nitrogens with zero attached hydrogens (tertiary/aromatic N) is 4. The van der Waals surface area contributed by atoms with Crippen LogP contribution in [-0.2, 0) is 4.79 Å². The van der Waals surface area contributed by atoms with Crippen molar-refractivity contribution in [3.8, 4) is 17.1 Å². The van der Waals surface area contributed by atoms with E-state index in [4.69, 9.17) is 9.26 Å². The molecule has 32 heavy (non-hydrogen) atoms. The fourth-order valence-corrected chi connectivity index (χ4v) is 3.84. The van der Waals surface area contributed by atoms with Crippen LogP contribution in [0.5, 0.6) is 5.75 Å². The zero-order chi connectivity index (χ0) is 21.9. The van der Waals surface area contributed by atoms with Gasteiger partial charge in [-0.15, -0.1) is 0 Å². The van der Waals surface area contributed by atoms with Crippen molar-refractivity contribution in [1.82, 2.24) is 15.0 Å². The second-order valence-corrected chi connectivity index (χ2v) is 8.20. The van der Waals surface area contributed by atoms with E-state index < -0.39 is 0 Å². The minimum Gasteiger partial charge on any atom is -0.497 e. The molecule has 164 valence electrons. The van der Waals surface area contributed by atoms with E-state index in [2.05, 4.69) is 27.2 Å². The van der Waals surface area contributed by atoms with E-state index in [1.807, 2.05) is 47.4 Å². The number of methoxy groups -OCH3 is 1. The molecule has 0 radical (unpaired) electrons. The molecule has 2 heterocycles. The van der Waals surface area contributed by atoms with Crippen molar-refractivity contribution in [2.75, 3.05) is 38.2 Å². The Morgan fingerprint density at radius 1 is 1.03 bits per heavy atom. The molecule has 2 aliphatic rings. The molecule has 0 atom stereocenters. The predicted molar refractivity (Wildman–Crippen MR) is 123 cm³/mol. The van der Waals surface area contributed by atoms with E-state index in [1.54, 1.807) is 13.2 Å². The summed E-state index contributed by atoms with van der Waals surface area (Å²) in [5, 5.41) is 4.11. The molecule has 1 saturated carbocycles. The summed E-state index contributed by atoms with van der Waals surface area (Å²) in [5.74, 6) is 2.71. The first-order valence-corrected chi connectivity index (χ1v) is 11.0. The highest BCUT2D eigenvalue weighted by atomic mass is 16.5. The summed E-state index contributed by atoms with van der Waals surface area (Å²) in [6.07, 6.45) is 5.78.